The second-order valence-electron chi connectivity index (χ2n) is 5.82. The van der Waals surface area contributed by atoms with Crippen molar-refractivity contribution in [1.29, 1.82) is 0 Å². The van der Waals surface area contributed by atoms with E-state index >= 15 is 0 Å². The highest BCUT2D eigenvalue weighted by Crippen LogP contribution is 2.30. The van der Waals surface area contributed by atoms with Gasteiger partial charge in [-0.15, -0.1) is 12.4 Å². The van der Waals surface area contributed by atoms with Crippen LogP contribution in [0.4, 0.5) is 0 Å². The van der Waals surface area contributed by atoms with Crippen LogP contribution < -0.4 is 20.5 Å². The molecule has 6 heteroatoms. The van der Waals surface area contributed by atoms with Gasteiger partial charge < -0.3 is 20.5 Å². The lowest BCUT2D eigenvalue weighted by molar-refractivity contribution is -0.125. The van der Waals surface area contributed by atoms with E-state index in [2.05, 4.69) is 5.32 Å². The maximum atomic E-state index is 12.1. The molecule has 0 radical (unpaired) electrons. The molecule has 1 saturated carbocycles. The summed E-state index contributed by atoms with van der Waals surface area (Å²) < 4.78 is 11.3. The molecule has 22 heavy (non-hydrogen) atoms. The average Bonchev–Trinajstić information content (AvgIpc) is 2.79. The molecule has 1 aromatic carbocycles. The molecule has 2 atom stereocenters. The number of nitrogens with one attached hydrogen (secondary N) is 1. The quantitative estimate of drug-likeness (QED) is 0.891. The topological polar surface area (TPSA) is 73.6 Å². The van der Waals surface area contributed by atoms with Gasteiger partial charge in [-0.2, -0.15) is 0 Å². The van der Waals surface area contributed by atoms with Crippen molar-refractivity contribution in [2.75, 3.05) is 13.2 Å². The first-order chi connectivity index (χ1) is 10.2. The van der Waals surface area contributed by atoms with E-state index in [0.717, 1.165) is 42.7 Å². The van der Waals surface area contributed by atoms with Gasteiger partial charge in [-0.1, -0.05) is 6.07 Å². The monoisotopic (exact) mass is 326 g/mol. The fraction of sp³-hybridized carbons (Fsp3) is 0.562. The van der Waals surface area contributed by atoms with Crippen molar-refractivity contribution in [2.45, 2.75) is 38.3 Å². The molecule has 1 aliphatic carbocycles. The highest BCUT2D eigenvalue weighted by atomic mass is 35.5. The molecular formula is C16H23ClN2O3. The molecule has 2 unspecified atom stereocenters. The highest BCUT2D eigenvalue weighted by Gasteiger charge is 2.27. The largest absolute Gasteiger partial charge is 0.490 e. The van der Waals surface area contributed by atoms with Gasteiger partial charge in [0.1, 0.15) is 0 Å². The number of benzene rings is 1. The van der Waals surface area contributed by atoms with Crippen LogP contribution in [0.1, 0.15) is 31.2 Å². The fourth-order valence-corrected chi connectivity index (χ4v) is 2.91. The molecule has 0 aromatic heterocycles. The Bertz CT molecular complexity index is 524. The predicted molar refractivity (Wildman–Crippen MR) is 86.5 cm³/mol. The molecule has 5 nitrogen and oxygen atoms in total. The van der Waals surface area contributed by atoms with Crippen molar-refractivity contribution >= 4 is 18.3 Å². The van der Waals surface area contributed by atoms with Gasteiger partial charge in [0.05, 0.1) is 13.2 Å². The number of rotatable bonds is 3. The van der Waals surface area contributed by atoms with E-state index in [1.165, 1.54) is 0 Å². The molecule has 1 aliphatic heterocycles. The van der Waals surface area contributed by atoms with E-state index < -0.39 is 0 Å². The number of halogens is 1. The minimum atomic E-state index is 0. The minimum absolute atomic E-state index is 0. The van der Waals surface area contributed by atoms with Gasteiger partial charge in [0.2, 0.25) is 5.91 Å². The summed E-state index contributed by atoms with van der Waals surface area (Å²) in [6.07, 6.45) is 3.53. The maximum absolute atomic E-state index is 12.1. The zero-order valence-corrected chi connectivity index (χ0v) is 13.4. The molecule has 1 aromatic rings. The molecule has 0 saturated heterocycles. The number of fused-ring (bicyclic) bond motifs is 1. The van der Waals surface area contributed by atoms with Gasteiger partial charge in [-0.05, 0) is 37.0 Å². The van der Waals surface area contributed by atoms with Gasteiger partial charge in [0, 0.05) is 24.9 Å². The lowest BCUT2D eigenvalue weighted by atomic mass is 10.1. The number of hydrogen-bond acceptors (Lipinski definition) is 4. The van der Waals surface area contributed by atoms with Crippen LogP contribution in [0.2, 0.25) is 0 Å². The van der Waals surface area contributed by atoms with Crippen molar-refractivity contribution < 1.29 is 14.3 Å². The van der Waals surface area contributed by atoms with Crippen LogP contribution >= 0.6 is 12.4 Å². The Hall–Kier alpha value is -1.46. The molecule has 0 bridgehead atoms. The third kappa shape index (κ3) is 4.05. The Labute approximate surface area is 137 Å². The SMILES string of the molecule is Cl.NC1CCC(C(=O)NCc2ccc3c(c2)OCCCO3)C1. The van der Waals surface area contributed by atoms with Crippen LogP contribution in [0, 0.1) is 5.92 Å². The number of hydrogen-bond donors (Lipinski definition) is 2. The van der Waals surface area contributed by atoms with Gasteiger partial charge in [-0.25, -0.2) is 0 Å². The second-order valence-corrected chi connectivity index (χ2v) is 5.82. The van der Waals surface area contributed by atoms with Crippen molar-refractivity contribution in [2.24, 2.45) is 11.7 Å². The molecule has 2 aliphatic rings. The van der Waals surface area contributed by atoms with Crippen LogP contribution in [-0.2, 0) is 11.3 Å². The van der Waals surface area contributed by atoms with Crippen molar-refractivity contribution in [3.63, 3.8) is 0 Å². The number of ether oxygens (including phenoxy) is 2. The number of amides is 1. The van der Waals surface area contributed by atoms with Crippen molar-refractivity contribution in [1.82, 2.24) is 5.32 Å². The first-order valence-electron chi connectivity index (χ1n) is 7.64. The van der Waals surface area contributed by atoms with Gasteiger partial charge in [0.25, 0.3) is 0 Å². The van der Waals surface area contributed by atoms with E-state index in [1.54, 1.807) is 0 Å². The Morgan fingerprint density at radius 3 is 2.73 bits per heavy atom. The normalized spacial score (nSPS) is 23.3. The molecular weight excluding hydrogens is 304 g/mol. The summed E-state index contributed by atoms with van der Waals surface area (Å²) in [5.41, 5.74) is 6.87. The van der Waals surface area contributed by atoms with Crippen LogP contribution in [0.15, 0.2) is 18.2 Å². The first-order valence-corrected chi connectivity index (χ1v) is 7.64. The van der Waals surface area contributed by atoms with Crippen LogP contribution in [0.25, 0.3) is 0 Å². The molecule has 0 spiro atoms. The van der Waals surface area contributed by atoms with Crippen molar-refractivity contribution in [3.8, 4) is 11.5 Å². The number of nitrogens with two attached hydrogens (primary N) is 1. The van der Waals surface area contributed by atoms with Gasteiger partial charge in [-0.3, -0.25) is 4.79 Å². The third-order valence-corrected chi connectivity index (χ3v) is 4.12. The summed E-state index contributed by atoms with van der Waals surface area (Å²) in [6, 6.07) is 6.00. The van der Waals surface area contributed by atoms with Gasteiger partial charge in [0.15, 0.2) is 11.5 Å². The first kappa shape index (κ1) is 16.9. The summed E-state index contributed by atoms with van der Waals surface area (Å²) in [6.45, 7) is 1.87. The molecule has 1 fully saturated rings. The number of carbonyl (C=O) groups is 1. The van der Waals surface area contributed by atoms with Crippen LogP contribution in [0.3, 0.4) is 0 Å². The molecule has 3 rings (SSSR count). The third-order valence-electron chi connectivity index (χ3n) is 4.12. The van der Waals surface area contributed by atoms with E-state index in [9.17, 15) is 4.79 Å². The predicted octanol–water partition coefficient (Wildman–Crippen LogP) is 2.01. The van der Waals surface area contributed by atoms with Crippen LogP contribution in [0.5, 0.6) is 11.5 Å². The summed E-state index contributed by atoms with van der Waals surface area (Å²) in [4.78, 5) is 12.1. The second kappa shape index (κ2) is 7.70. The number of carbonyl (C=O) groups excluding carboxylic acids is 1. The van der Waals surface area contributed by atoms with E-state index in [4.69, 9.17) is 15.2 Å². The standard InChI is InChI=1S/C16H22N2O3.ClH/c17-13-4-3-12(9-13)16(19)18-10-11-2-5-14-15(8-11)21-7-1-6-20-14;/h2,5,8,12-13H,1,3-4,6-7,9-10,17H2,(H,18,19);1H. The molecule has 1 amide bonds. The summed E-state index contributed by atoms with van der Waals surface area (Å²) in [5, 5.41) is 2.99. The maximum Gasteiger partial charge on any atom is 0.223 e. The van der Waals surface area contributed by atoms with Crippen molar-refractivity contribution in [3.05, 3.63) is 23.8 Å². The highest BCUT2D eigenvalue weighted by molar-refractivity contribution is 5.85. The zero-order chi connectivity index (χ0) is 14.7. The molecule has 3 N–H and O–H groups in total. The zero-order valence-electron chi connectivity index (χ0n) is 12.5. The lowest BCUT2D eigenvalue weighted by Crippen LogP contribution is -2.30. The molecule has 122 valence electrons. The van der Waals surface area contributed by atoms with E-state index in [0.29, 0.717) is 19.8 Å². The lowest BCUT2D eigenvalue weighted by Gasteiger charge is -2.12. The fourth-order valence-electron chi connectivity index (χ4n) is 2.91. The minimum Gasteiger partial charge on any atom is -0.490 e. The van der Waals surface area contributed by atoms with E-state index in [-0.39, 0.29) is 30.3 Å². The van der Waals surface area contributed by atoms with Gasteiger partial charge >= 0.3 is 0 Å². The summed E-state index contributed by atoms with van der Waals surface area (Å²) >= 11 is 0. The molecule has 1 heterocycles. The summed E-state index contributed by atoms with van der Waals surface area (Å²) in [7, 11) is 0. The Morgan fingerprint density at radius 2 is 2.00 bits per heavy atom. The van der Waals surface area contributed by atoms with E-state index in [1.807, 2.05) is 18.2 Å². The average molecular weight is 327 g/mol. The Morgan fingerprint density at radius 1 is 1.23 bits per heavy atom. The summed E-state index contributed by atoms with van der Waals surface area (Å²) in [5.74, 6) is 1.72. The van der Waals surface area contributed by atoms with Crippen LogP contribution in [-0.4, -0.2) is 25.2 Å². The Balaban J connectivity index is 0.00000176. The smallest absolute Gasteiger partial charge is 0.223 e. The Kier molecular flexibility index (Phi) is 5.91.